The van der Waals surface area contributed by atoms with Gasteiger partial charge in [0.1, 0.15) is 5.56 Å². The fourth-order valence-corrected chi connectivity index (χ4v) is 5.61. The van der Waals surface area contributed by atoms with E-state index >= 15 is 0 Å². The number of hydrogen-bond donors (Lipinski definition) is 3. The van der Waals surface area contributed by atoms with Crippen LogP contribution in [-0.4, -0.2) is 34.1 Å². The third-order valence-corrected chi connectivity index (χ3v) is 7.13. The molecule has 0 unspecified atom stereocenters. The maximum Gasteiger partial charge on any atom is 0.341 e. The molecule has 0 saturated heterocycles. The van der Waals surface area contributed by atoms with Crippen LogP contribution in [0, 0.1) is 0 Å². The average molecular weight is 424 g/mol. The van der Waals surface area contributed by atoms with Crippen molar-refractivity contribution in [1.29, 1.82) is 0 Å². The van der Waals surface area contributed by atoms with Crippen LogP contribution in [0.25, 0.3) is 21.3 Å². The number of fused-ring (bicyclic) bond motifs is 2. The molecule has 7 nitrogen and oxygen atoms in total. The predicted molar refractivity (Wildman–Crippen MR) is 115 cm³/mol. The Labute approximate surface area is 175 Å². The van der Waals surface area contributed by atoms with Crippen molar-refractivity contribution in [3.63, 3.8) is 0 Å². The maximum atomic E-state index is 12.8. The molecule has 2 aromatic heterocycles. The molecule has 2 aliphatic carbocycles. The highest BCUT2D eigenvalue weighted by Gasteiger charge is 2.32. The number of benzene rings is 1. The maximum absolute atomic E-state index is 12.8. The summed E-state index contributed by atoms with van der Waals surface area (Å²) in [6.07, 6.45) is 5.90. The minimum Gasteiger partial charge on any atom is -0.494 e. The van der Waals surface area contributed by atoms with E-state index < -0.39 is 11.4 Å². The number of aromatic nitrogens is 1. The van der Waals surface area contributed by atoms with E-state index in [9.17, 15) is 19.9 Å². The zero-order chi connectivity index (χ0) is 21.0. The van der Waals surface area contributed by atoms with E-state index in [4.69, 9.17) is 4.74 Å². The van der Waals surface area contributed by atoms with E-state index in [1.807, 2.05) is 12.1 Å². The van der Waals surface area contributed by atoms with Gasteiger partial charge >= 0.3 is 5.97 Å². The van der Waals surface area contributed by atoms with Gasteiger partial charge in [0.25, 0.3) is 0 Å². The van der Waals surface area contributed by atoms with Crippen molar-refractivity contribution in [2.24, 2.45) is 5.16 Å². The second-order valence-electron chi connectivity index (χ2n) is 7.76. The number of aromatic carboxylic acids is 1. The Morgan fingerprint density at radius 2 is 2.10 bits per heavy atom. The molecule has 1 aromatic carbocycles. The summed E-state index contributed by atoms with van der Waals surface area (Å²) in [7, 11) is 1.56. The number of methoxy groups -OCH3 is 1. The minimum absolute atomic E-state index is 0.283. The molecule has 0 amide bonds. The van der Waals surface area contributed by atoms with Crippen LogP contribution < -0.4 is 10.2 Å². The lowest BCUT2D eigenvalue weighted by Gasteiger charge is -2.16. The lowest BCUT2D eigenvalue weighted by atomic mass is 9.94. The number of aryl methyl sites for hydroxylation is 1. The van der Waals surface area contributed by atoms with Gasteiger partial charge in [0, 0.05) is 27.1 Å². The van der Waals surface area contributed by atoms with Gasteiger partial charge in [0.15, 0.2) is 5.75 Å². The molecule has 0 radical (unpaired) electrons. The quantitative estimate of drug-likeness (QED) is 0.426. The molecule has 2 heterocycles. The Bertz CT molecular complexity index is 1280. The first-order valence-electron chi connectivity index (χ1n) is 9.87. The molecule has 0 aliphatic heterocycles. The molecule has 0 atom stereocenters. The van der Waals surface area contributed by atoms with E-state index in [1.54, 1.807) is 18.4 Å². The number of carboxylic acids is 1. The van der Waals surface area contributed by atoms with Gasteiger partial charge in [-0.05, 0) is 55.7 Å². The minimum atomic E-state index is -1.25. The second kappa shape index (κ2) is 6.98. The number of hydrogen-bond acceptors (Lipinski definition) is 6. The average Bonchev–Trinajstić information content (AvgIpc) is 3.50. The molecule has 0 bridgehead atoms. The van der Waals surface area contributed by atoms with Gasteiger partial charge in [0.2, 0.25) is 5.43 Å². The lowest BCUT2D eigenvalue weighted by Crippen LogP contribution is -2.16. The highest BCUT2D eigenvalue weighted by molar-refractivity contribution is 7.16. The van der Waals surface area contributed by atoms with E-state index in [0.717, 1.165) is 53.7 Å². The van der Waals surface area contributed by atoms with Gasteiger partial charge in [-0.25, -0.2) is 4.79 Å². The zero-order valence-corrected chi connectivity index (χ0v) is 17.1. The number of carboxylic acid groups (broad SMARTS) is 1. The number of nitrogens with zero attached hydrogens (tertiary/aromatic N) is 1. The third-order valence-electron chi connectivity index (χ3n) is 5.92. The molecule has 1 fully saturated rings. The fraction of sp³-hybridized carbons (Fsp3) is 0.318. The number of oxime groups is 1. The fourth-order valence-electron chi connectivity index (χ4n) is 4.33. The van der Waals surface area contributed by atoms with Crippen molar-refractivity contribution in [2.45, 2.75) is 38.0 Å². The summed E-state index contributed by atoms with van der Waals surface area (Å²) in [5, 5.41) is 22.5. The smallest absolute Gasteiger partial charge is 0.341 e. The van der Waals surface area contributed by atoms with Gasteiger partial charge in [-0.2, -0.15) is 0 Å². The Kier molecular flexibility index (Phi) is 4.39. The van der Waals surface area contributed by atoms with Gasteiger partial charge in [-0.3, -0.25) is 4.79 Å². The molecule has 3 aromatic rings. The number of H-pyrrole nitrogens is 1. The van der Waals surface area contributed by atoms with Gasteiger partial charge in [-0.15, -0.1) is 11.3 Å². The molecule has 2 aliphatic rings. The summed E-state index contributed by atoms with van der Waals surface area (Å²) >= 11 is 1.66. The third kappa shape index (κ3) is 2.82. The van der Waals surface area contributed by atoms with Crippen molar-refractivity contribution in [3.8, 4) is 16.2 Å². The SMILES string of the molecule is COc1c(-c2cc3c(s2)CCC/C3=N\O)c(C2CC2)cc2c(=O)c(C(=O)O)c[nH]c12. The van der Waals surface area contributed by atoms with Crippen LogP contribution in [0.15, 0.2) is 28.3 Å². The number of rotatable bonds is 4. The summed E-state index contributed by atoms with van der Waals surface area (Å²) < 4.78 is 5.78. The number of aromatic amines is 1. The number of thiophene rings is 1. The normalized spacial score (nSPS) is 17.3. The summed E-state index contributed by atoms with van der Waals surface area (Å²) in [6, 6.07) is 3.88. The molecule has 0 spiro atoms. The first-order valence-corrected chi connectivity index (χ1v) is 10.7. The predicted octanol–water partition coefficient (Wildman–Crippen LogP) is 4.36. The number of ether oxygens (including phenoxy) is 1. The molecular weight excluding hydrogens is 404 g/mol. The van der Waals surface area contributed by atoms with Crippen LogP contribution in [-0.2, 0) is 6.42 Å². The van der Waals surface area contributed by atoms with E-state index in [1.165, 1.54) is 11.1 Å². The Morgan fingerprint density at radius 3 is 2.77 bits per heavy atom. The van der Waals surface area contributed by atoms with Crippen molar-refractivity contribution in [1.82, 2.24) is 4.98 Å². The number of nitrogens with one attached hydrogen (secondary N) is 1. The van der Waals surface area contributed by atoms with Crippen LogP contribution >= 0.6 is 11.3 Å². The molecule has 1 saturated carbocycles. The summed E-state index contributed by atoms with van der Waals surface area (Å²) in [5.41, 5.74) is 3.32. The Morgan fingerprint density at radius 1 is 1.30 bits per heavy atom. The first kappa shape index (κ1) is 18.9. The van der Waals surface area contributed by atoms with Gasteiger partial charge in [-0.1, -0.05) is 5.16 Å². The second-order valence-corrected chi connectivity index (χ2v) is 8.89. The van der Waals surface area contributed by atoms with E-state index in [-0.39, 0.29) is 5.56 Å². The molecule has 3 N–H and O–H groups in total. The number of carbonyl (C=O) groups is 1. The molecule has 8 heteroatoms. The zero-order valence-electron chi connectivity index (χ0n) is 16.3. The van der Waals surface area contributed by atoms with Crippen molar-refractivity contribution in [3.05, 3.63) is 50.1 Å². The molecular formula is C22H20N2O5S. The van der Waals surface area contributed by atoms with Crippen LogP contribution in [0.4, 0.5) is 0 Å². The standard InChI is InChI=1S/C22H20N2O5S/c1-29-21-18(17-8-12-15(24-28)3-2-4-16(12)30-17)11(10-5-6-10)7-13-19(21)23-9-14(20(13)25)22(26)27/h7-10,28H,2-6H2,1H3,(H,23,25)(H,26,27)/b24-15+. The molecule has 5 rings (SSSR count). The topological polar surface area (TPSA) is 112 Å². The van der Waals surface area contributed by atoms with Crippen LogP contribution in [0.1, 0.15) is 58.0 Å². The van der Waals surface area contributed by atoms with E-state index in [0.29, 0.717) is 28.3 Å². The van der Waals surface area contributed by atoms with Gasteiger partial charge in [0.05, 0.1) is 23.7 Å². The Balaban J connectivity index is 1.81. The van der Waals surface area contributed by atoms with Crippen LogP contribution in [0.5, 0.6) is 5.75 Å². The van der Waals surface area contributed by atoms with Crippen molar-refractivity contribution in [2.75, 3.05) is 7.11 Å². The van der Waals surface area contributed by atoms with Crippen LogP contribution in [0.2, 0.25) is 0 Å². The summed E-state index contributed by atoms with van der Waals surface area (Å²) in [5.74, 6) is -0.392. The highest BCUT2D eigenvalue weighted by atomic mass is 32.1. The van der Waals surface area contributed by atoms with Crippen molar-refractivity contribution >= 4 is 33.9 Å². The van der Waals surface area contributed by atoms with Crippen LogP contribution in [0.3, 0.4) is 0 Å². The van der Waals surface area contributed by atoms with E-state index in [2.05, 4.69) is 10.1 Å². The summed E-state index contributed by atoms with van der Waals surface area (Å²) in [4.78, 5) is 29.4. The van der Waals surface area contributed by atoms with Crippen molar-refractivity contribution < 1.29 is 19.8 Å². The molecule has 154 valence electrons. The summed E-state index contributed by atoms with van der Waals surface area (Å²) in [6.45, 7) is 0. The Hall–Kier alpha value is -3.13. The largest absolute Gasteiger partial charge is 0.494 e. The number of pyridine rings is 1. The van der Waals surface area contributed by atoms with Gasteiger partial charge < -0.3 is 20.0 Å². The first-order chi connectivity index (χ1) is 14.5. The monoisotopic (exact) mass is 424 g/mol. The molecule has 30 heavy (non-hydrogen) atoms. The highest BCUT2D eigenvalue weighted by Crippen LogP contribution is 2.51. The lowest BCUT2D eigenvalue weighted by molar-refractivity contribution is 0.0695.